The molecule has 0 aliphatic carbocycles. The third-order valence-corrected chi connectivity index (χ3v) is 3.09. The minimum atomic E-state index is -0.605. The number of carbonyl (C=O) groups is 1. The molecule has 4 nitrogen and oxygen atoms in total. The van der Waals surface area contributed by atoms with Gasteiger partial charge >= 0.3 is 5.97 Å². The van der Waals surface area contributed by atoms with Gasteiger partial charge in [-0.25, -0.2) is 0 Å². The summed E-state index contributed by atoms with van der Waals surface area (Å²) in [5.41, 5.74) is -0.605. The molecule has 102 valence electrons. The van der Waals surface area contributed by atoms with Gasteiger partial charge in [-0.1, -0.05) is 0 Å². The average molecular weight is 244 g/mol. The predicted molar refractivity (Wildman–Crippen MR) is 71.1 cm³/mol. The molecule has 1 unspecified atom stereocenters. The SMILES string of the molecule is COC(=O)C(C)(CCN(C)C(C)C)NC(C)C. The van der Waals surface area contributed by atoms with Crippen molar-refractivity contribution in [2.24, 2.45) is 0 Å². The Bertz CT molecular complexity index is 242. The van der Waals surface area contributed by atoms with Gasteiger partial charge in [-0.05, 0) is 48.1 Å². The van der Waals surface area contributed by atoms with Crippen LogP contribution in [0.25, 0.3) is 0 Å². The predicted octanol–water partition coefficient (Wildman–Crippen LogP) is 1.65. The van der Waals surface area contributed by atoms with Crippen LogP contribution in [-0.2, 0) is 9.53 Å². The quantitative estimate of drug-likeness (QED) is 0.691. The monoisotopic (exact) mass is 244 g/mol. The number of rotatable bonds is 7. The number of ether oxygens (including phenoxy) is 1. The topological polar surface area (TPSA) is 41.6 Å². The zero-order chi connectivity index (χ0) is 13.6. The molecule has 0 aliphatic heterocycles. The Labute approximate surface area is 106 Å². The summed E-state index contributed by atoms with van der Waals surface area (Å²) in [6.45, 7) is 11.1. The van der Waals surface area contributed by atoms with Gasteiger partial charge < -0.3 is 9.64 Å². The van der Waals surface area contributed by atoms with Gasteiger partial charge in [-0.3, -0.25) is 10.1 Å². The Morgan fingerprint density at radius 2 is 1.88 bits per heavy atom. The molecule has 0 aliphatic rings. The zero-order valence-electron chi connectivity index (χ0n) is 12.3. The first-order valence-corrected chi connectivity index (χ1v) is 6.29. The highest BCUT2D eigenvalue weighted by atomic mass is 16.5. The van der Waals surface area contributed by atoms with E-state index in [9.17, 15) is 4.79 Å². The summed E-state index contributed by atoms with van der Waals surface area (Å²) in [4.78, 5) is 14.1. The fraction of sp³-hybridized carbons (Fsp3) is 0.923. The van der Waals surface area contributed by atoms with E-state index >= 15 is 0 Å². The molecular formula is C13H28N2O2. The summed E-state index contributed by atoms with van der Waals surface area (Å²) in [5.74, 6) is -0.191. The van der Waals surface area contributed by atoms with Gasteiger partial charge in [0, 0.05) is 18.6 Å². The Kier molecular flexibility index (Phi) is 6.72. The first kappa shape index (κ1) is 16.4. The van der Waals surface area contributed by atoms with Crippen LogP contribution >= 0.6 is 0 Å². The molecule has 0 fully saturated rings. The maximum absolute atomic E-state index is 11.8. The summed E-state index contributed by atoms with van der Waals surface area (Å²) >= 11 is 0. The van der Waals surface area contributed by atoms with Crippen molar-refractivity contribution in [3.8, 4) is 0 Å². The Morgan fingerprint density at radius 3 is 2.24 bits per heavy atom. The molecule has 0 spiro atoms. The van der Waals surface area contributed by atoms with Crippen molar-refractivity contribution in [3.63, 3.8) is 0 Å². The summed E-state index contributed by atoms with van der Waals surface area (Å²) in [6.07, 6.45) is 0.743. The van der Waals surface area contributed by atoms with Gasteiger partial charge in [-0.15, -0.1) is 0 Å². The Balaban J connectivity index is 4.54. The number of hydrogen-bond acceptors (Lipinski definition) is 4. The number of carbonyl (C=O) groups excluding carboxylic acids is 1. The van der Waals surface area contributed by atoms with Crippen LogP contribution in [0.15, 0.2) is 0 Å². The fourth-order valence-electron chi connectivity index (χ4n) is 1.75. The maximum Gasteiger partial charge on any atom is 0.325 e. The summed E-state index contributed by atoms with van der Waals surface area (Å²) in [6, 6.07) is 0.736. The first-order chi connectivity index (χ1) is 7.73. The number of hydrogen-bond donors (Lipinski definition) is 1. The van der Waals surface area contributed by atoms with Crippen molar-refractivity contribution in [2.75, 3.05) is 20.7 Å². The number of methoxy groups -OCH3 is 1. The summed E-state index contributed by atoms with van der Waals surface area (Å²) in [5, 5.41) is 3.30. The van der Waals surface area contributed by atoms with Crippen LogP contribution in [0.2, 0.25) is 0 Å². The molecule has 0 aromatic carbocycles. The highest BCUT2D eigenvalue weighted by Gasteiger charge is 2.34. The van der Waals surface area contributed by atoms with Crippen LogP contribution in [0.3, 0.4) is 0 Å². The highest BCUT2D eigenvalue weighted by Crippen LogP contribution is 2.14. The molecule has 0 saturated carbocycles. The van der Waals surface area contributed by atoms with Crippen LogP contribution in [0.4, 0.5) is 0 Å². The Morgan fingerprint density at radius 1 is 1.35 bits per heavy atom. The van der Waals surface area contributed by atoms with E-state index in [-0.39, 0.29) is 12.0 Å². The van der Waals surface area contributed by atoms with Gasteiger partial charge in [-0.2, -0.15) is 0 Å². The molecule has 4 heteroatoms. The second-order valence-corrected chi connectivity index (χ2v) is 5.45. The van der Waals surface area contributed by atoms with Crippen LogP contribution in [0, 0.1) is 0 Å². The van der Waals surface area contributed by atoms with Gasteiger partial charge in [0.15, 0.2) is 0 Å². The van der Waals surface area contributed by atoms with Crippen molar-refractivity contribution >= 4 is 5.97 Å². The van der Waals surface area contributed by atoms with E-state index in [0.717, 1.165) is 13.0 Å². The van der Waals surface area contributed by atoms with Crippen LogP contribution in [0.5, 0.6) is 0 Å². The molecule has 1 atom stereocenters. The van der Waals surface area contributed by atoms with Gasteiger partial charge in [0.05, 0.1) is 7.11 Å². The van der Waals surface area contributed by atoms with Crippen molar-refractivity contribution in [1.29, 1.82) is 0 Å². The molecule has 0 saturated heterocycles. The second-order valence-electron chi connectivity index (χ2n) is 5.45. The molecule has 17 heavy (non-hydrogen) atoms. The molecule has 0 rings (SSSR count). The normalized spacial score (nSPS) is 15.4. The average Bonchev–Trinajstić information content (AvgIpc) is 2.23. The molecule has 0 bridgehead atoms. The van der Waals surface area contributed by atoms with E-state index in [1.165, 1.54) is 7.11 Å². The molecule has 0 aromatic heterocycles. The van der Waals surface area contributed by atoms with Crippen molar-refractivity contribution in [2.45, 2.75) is 58.7 Å². The molecular weight excluding hydrogens is 216 g/mol. The highest BCUT2D eigenvalue weighted by molar-refractivity contribution is 5.80. The summed E-state index contributed by atoms with van der Waals surface area (Å²) in [7, 11) is 3.51. The largest absolute Gasteiger partial charge is 0.468 e. The van der Waals surface area contributed by atoms with E-state index < -0.39 is 5.54 Å². The summed E-state index contributed by atoms with van der Waals surface area (Å²) < 4.78 is 4.89. The second kappa shape index (κ2) is 6.97. The number of nitrogens with zero attached hydrogens (tertiary/aromatic N) is 1. The third kappa shape index (κ3) is 5.50. The van der Waals surface area contributed by atoms with Crippen molar-refractivity contribution < 1.29 is 9.53 Å². The lowest BCUT2D eigenvalue weighted by molar-refractivity contribution is -0.148. The lowest BCUT2D eigenvalue weighted by Crippen LogP contribution is -2.54. The molecule has 0 heterocycles. The lowest BCUT2D eigenvalue weighted by Gasteiger charge is -2.32. The van der Waals surface area contributed by atoms with Crippen LogP contribution < -0.4 is 5.32 Å². The van der Waals surface area contributed by atoms with Crippen molar-refractivity contribution in [3.05, 3.63) is 0 Å². The first-order valence-electron chi connectivity index (χ1n) is 6.29. The van der Waals surface area contributed by atoms with Gasteiger partial charge in [0.25, 0.3) is 0 Å². The molecule has 0 radical (unpaired) electrons. The smallest absolute Gasteiger partial charge is 0.325 e. The molecule has 0 amide bonds. The van der Waals surface area contributed by atoms with E-state index in [2.05, 4.69) is 31.1 Å². The zero-order valence-corrected chi connectivity index (χ0v) is 12.3. The molecule has 0 aromatic rings. The molecule has 1 N–H and O–H groups in total. The van der Waals surface area contributed by atoms with Gasteiger partial charge in [0.1, 0.15) is 5.54 Å². The fourth-order valence-corrected chi connectivity index (χ4v) is 1.75. The third-order valence-electron chi connectivity index (χ3n) is 3.09. The van der Waals surface area contributed by atoms with E-state index in [1.807, 2.05) is 20.8 Å². The standard InChI is InChI=1S/C13H28N2O2/c1-10(2)14-13(5,12(16)17-7)8-9-15(6)11(3)4/h10-11,14H,8-9H2,1-7H3. The van der Waals surface area contributed by atoms with Gasteiger partial charge in [0.2, 0.25) is 0 Å². The Hall–Kier alpha value is -0.610. The number of nitrogens with one attached hydrogen (secondary N) is 1. The minimum Gasteiger partial charge on any atom is -0.468 e. The van der Waals surface area contributed by atoms with Crippen molar-refractivity contribution in [1.82, 2.24) is 10.2 Å². The number of esters is 1. The van der Waals surface area contributed by atoms with E-state index in [1.54, 1.807) is 0 Å². The van der Waals surface area contributed by atoms with Crippen LogP contribution in [-0.4, -0.2) is 49.2 Å². The minimum absolute atomic E-state index is 0.191. The van der Waals surface area contributed by atoms with E-state index in [0.29, 0.717) is 6.04 Å². The maximum atomic E-state index is 11.8. The lowest BCUT2D eigenvalue weighted by atomic mass is 9.96. The van der Waals surface area contributed by atoms with Crippen LogP contribution in [0.1, 0.15) is 41.0 Å². The van der Waals surface area contributed by atoms with E-state index in [4.69, 9.17) is 4.74 Å².